The third-order valence-electron chi connectivity index (χ3n) is 1.72. The van der Waals surface area contributed by atoms with Crippen molar-refractivity contribution in [3.8, 4) is 5.75 Å². The van der Waals surface area contributed by atoms with Crippen molar-refractivity contribution in [2.45, 2.75) is 0 Å². The van der Waals surface area contributed by atoms with E-state index in [9.17, 15) is 14.7 Å². The zero-order valence-electron chi connectivity index (χ0n) is 7.94. The molecule has 0 saturated carbocycles. The number of rotatable bonds is 2. The molecule has 1 rings (SSSR count). The number of carbonyl (C=O) groups is 2. The van der Waals surface area contributed by atoms with Crippen LogP contribution in [0.1, 0.15) is 10.4 Å². The molecule has 0 spiro atoms. The van der Waals surface area contributed by atoms with E-state index in [4.69, 9.17) is 5.11 Å². The molecule has 1 aromatic rings. The number of carboxylic acid groups (broad SMARTS) is 1. The Kier molecular flexibility index (Phi) is 3.12. The minimum Gasteiger partial charge on any atom is -0.506 e. The average molecular weight is 210 g/mol. The number of urea groups is 1. The molecule has 0 aliphatic carbocycles. The van der Waals surface area contributed by atoms with Gasteiger partial charge in [-0.05, 0) is 18.2 Å². The molecule has 1 aromatic carbocycles. The summed E-state index contributed by atoms with van der Waals surface area (Å²) in [6.45, 7) is 0. The van der Waals surface area contributed by atoms with E-state index < -0.39 is 12.0 Å². The molecule has 0 aliphatic rings. The van der Waals surface area contributed by atoms with E-state index in [1.54, 1.807) is 0 Å². The molecule has 0 heterocycles. The fourth-order valence-corrected chi connectivity index (χ4v) is 0.954. The lowest BCUT2D eigenvalue weighted by atomic mass is 10.2. The predicted molar refractivity (Wildman–Crippen MR) is 53.1 cm³/mol. The number of anilines is 1. The van der Waals surface area contributed by atoms with Crippen LogP contribution >= 0.6 is 0 Å². The number of aromatic hydroxyl groups is 1. The highest BCUT2D eigenvalue weighted by Crippen LogP contribution is 2.23. The van der Waals surface area contributed by atoms with Gasteiger partial charge in [-0.1, -0.05) is 0 Å². The Balaban J connectivity index is 3.00. The van der Waals surface area contributed by atoms with Crippen molar-refractivity contribution in [1.29, 1.82) is 0 Å². The summed E-state index contributed by atoms with van der Waals surface area (Å²) in [7, 11) is 1.41. The molecule has 0 radical (unpaired) electrons. The number of phenols is 1. The van der Waals surface area contributed by atoms with Gasteiger partial charge in [0.25, 0.3) is 0 Å². The van der Waals surface area contributed by atoms with Crippen molar-refractivity contribution in [2.24, 2.45) is 0 Å². The summed E-state index contributed by atoms with van der Waals surface area (Å²) in [6.07, 6.45) is 0. The summed E-state index contributed by atoms with van der Waals surface area (Å²) >= 11 is 0. The number of hydrogen-bond donors (Lipinski definition) is 4. The number of benzene rings is 1. The average Bonchev–Trinajstić information content (AvgIpc) is 2.20. The Bertz CT molecular complexity index is 403. The molecule has 2 amide bonds. The van der Waals surface area contributed by atoms with Crippen LogP contribution in [0.15, 0.2) is 18.2 Å². The lowest BCUT2D eigenvalue weighted by Gasteiger charge is -2.07. The molecular formula is C9H10N2O4. The van der Waals surface area contributed by atoms with Crippen LogP contribution in [0.5, 0.6) is 5.75 Å². The molecule has 15 heavy (non-hydrogen) atoms. The summed E-state index contributed by atoms with van der Waals surface area (Å²) < 4.78 is 0. The molecule has 0 fully saturated rings. The standard InChI is InChI=1S/C9H10N2O4/c1-10-9(15)11-6-4-5(8(13)14)2-3-7(6)12/h2-4,12H,1H3,(H,13,14)(H2,10,11,15). The Labute approximate surface area is 85.5 Å². The van der Waals surface area contributed by atoms with Crippen LogP contribution in [-0.2, 0) is 0 Å². The lowest BCUT2D eigenvalue weighted by molar-refractivity contribution is 0.0697. The summed E-state index contributed by atoms with van der Waals surface area (Å²) in [5.74, 6) is -1.32. The third-order valence-corrected chi connectivity index (χ3v) is 1.72. The summed E-state index contributed by atoms with van der Waals surface area (Å²) in [4.78, 5) is 21.5. The van der Waals surface area contributed by atoms with Crippen LogP contribution in [-0.4, -0.2) is 29.3 Å². The van der Waals surface area contributed by atoms with Gasteiger partial charge in [0.1, 0.15) is 5.75 Å². The van der Waals surface area contributed by atoms with Crippen LogP contribution in [0.2, 0.25) is 0 Å². The Morgan fingerprint density at radius 3 is 2.53 bits per heavy atom. The molecule has 0 atom stereocenters. The van der Waals surface area contributed by atoms with Crippen molar-refractivity contribution >= 4 is 17.7 Å². The maximum atomic E-state index is 10.9. The molecule has 0 aliphatic heterocycles. The first kappa shape index (κ1) is 10.8. The first-order valence-corrected chi connectivity index (χ1v) is 4.09. The first-order chi connectivity index (χ1) is 7.04. The maximum Gasteiger partial charge on any atom is 0.335 e. The second kappa shape index (κ2) is 4.32. The number of carbonyl (C=O) groups excluding carboxylic acids is 1. The van der Waals surface area contributed by atoms with E-state index in [-0.39, 0.29) is 17.0 Å². The number of nitrogens with one attached hydrogen (secondary N) is 2. The lowest BCUT2D eigenvalue weighted by Crippen LogP contribution is -2.24. The molecule has 80 valence electrons. The van der Waals surface area contributed by atoms with Gasteiger partial charge in [-0.25, -0.2) is 9.59 Å². The summed E-state index contributed by atoms with van der Waals surface area (Å²) in [5.41, 5.74) is 0.0356. The van der Waals surface area contributed by atoms with Gasteiger partial charge in [0, 0.05) is 7.05 Å². The van der Waals surface area contributed by atoms with E-state index in [1.807, 2.05) is 0 Å². The molecule has 0 bridgehead atoms. The highest BCUT2D eigenvalue weighted by Gasteiger charge is 2.09. The third kappa shape index (κ3) is 2.60. The molecular weight excluding hydrogens is 200 g/mol. The van der Waals surface area contributed by atoms with Gasteiger partial charge < -0.3 is 20.8 Å². The van der Waals surface area contributed by atoms with Gasteiger partial charge >= 0.3 is 12.0 Å². The predicted octanol–water partition coefficient (Wildman–Crippen LogP) is 0.842. The smallest absolute Gasteiger partial charge is 0.335 e. The molecule has 6 heteroatoms. The monoisotopic (exact) mass is 210 g/mol. The van der Waals surface area contributed by atoms with Crippen molar-refractivity contribution < 1.29 is 19.8 Å². The minimum atomic E-state index is -1.13. The number of phenolic OH excluding ortho intramolecular Hbond substituents is 1. The first-order valence-electron chi connectivity index (χ1n) is 4.09. The molecule has 4 N–H and O–H groups in total. The number of amides is 2. The van der Waals surface area contributed by atoms with Gasteiger partial charge in [-0.2, -0.15) is 0 Å². The summed E-state index contributed by atoms with van der Waals surface area (Å²) in [6, 6.07) is 3.08. The van der Waals surface area contributed by atoms with Gasteiger partial charge in [0.05, 0.1) is 11.3 Å². The molecule has 6 nitrogen and oxygen atoms in total. The second-order valence-corrected chi connectivity index (χ2v) is 2.74. The highest BCUT2D eigenvalue weighted by molar-refractivity contribution is 5.94. The molecule has 0 aromatic heterocycles. The second-order valence-electron chi connectivity index (χ2n) is 2.74. The van der Waals surface area contributed by atoms with Gasteiger partial charge in [-0.15, -0.1) is 0 Å². The number of carboxylic acids is 1. The fourth-order valence-electron chi connectivity index (χ4n) is 0.954. The van der Waals surface area contributed by atoms with Crippen molar-refractivity contribution in [1.82, 2.24) is 5.32 Å². The van der Waals surface area contributed by atoms with E-state index in [0.717, 1.165) is 0 Å². The van der Waals surface area contributed by atoms with Crippen LogP contribution in [0, 0.1) is 0 Å². The van der Waals surface area contributed by atoms with E-state index in [0.29, 0.717) is 0 Å². The Hall–Kier alpha value is -2.24. The van der Waals surface area contributed by atoms with Gasteiger partial charge in [0.2, 0.25) is 0 Å². The van der Waals surface area contributed by atoms with E-state index in [2.05, 4.69) is 10.6 Å². The van der Waals surface area contributed by atoms with Crippen molar-refractivity contribution in [2.75, 3.05) is 12.4 Å². The van der Waals surface area contributed by atoms with Gasteiger partial charge in [0.15, 0.2) is 0 Å². The van der Waals surface area contributed by atoms with Crippen LogP contribution in [0.25, 0.3) is 0 Å². The number of hydrogen-bond acceptors (Lipinski definition) is 3. The normalized spacial score (nSPS) is 9.40. The molecule has 0 saturated heterocycles. The topological polar surface area (TPSA) is 98.7 Å². The Morgan fingerprint density at radius 1 is 1.33 bits per heavy atom. The van der Waals surface area contributed by atoms with Crippen molar-refractivity contribution in [3.05, 3.63) is 23.8 Å². The number of aromatic carboxylic acids is 1. The minimum absolute atomic E-state index is 0.0146. The molecule has 0 unspecified atom stereocenters. The van der Waals surface area contributed by atoms with Crippen LogP contribution < -0.4 is 10.6 Å². The van der Waals surface area contributed by atoms with E-state index >= 15 is 0 Å². The highest BCUT2D eigenvalue weighted by atomic mass is 16.4. The summed E-state index contributed by atoms with van der Waals surface area (Å²) in [5, 5.41) is 22.6. The van der Waals surface area contributed by atoms with Crippen molar-refractivity contribution in [3.63, 3.8) is 0 Å². The van der Waals surface area contributed by atoms with Gasteiger partial charge in [-0.3, -0.25) is 0 Å². The SMILES string of the molecule is CNC(=O)Nc1cc(C(=O)O)ccc1O. The fraction of sp³-hybridized carbons (Fsp3) is 0.111. The van der Waals surface area contributed by atoms with E-state index in [1.165, 1.54) is 25.2 Å². The van der Waals surface area contributed by atoms with Crippen LogP contribution in [0.4, 0.5) is 10.5 Å². The van der Waals surface area contributed by atoms with Crippen LogP contribution in [0.3, 0.4) is 0 Å². The Morgan fingerprint density at radius 2 is 2.00 bits per heavy atom. The maximum absolute atomic E-state index is 10.9. The zero-order chi connectivity index (χ0) is 11.4. The zero-order valence-corrected chi connectivity index (χ0v) is 7.94. The quantitative estimate of drug-likeness (QED) is 0.543. The largest absolute Gasteiger partial charge is 0.506 e.